The minimum absolute atomic E-state index is 0.0221. The quantitative estimate of drug-likeness (QED) is 0.908. The van der Waals surface area contributed by atoms with Crippen molar-refractivity contribution < 1.29 is 14.3 Å². The number of likely N-dealkylation sites (tertiary alicyclic amines) is 1. The van der Waals surface area contributed by atoms with Crippen molar-refractivity contribution in [2.75, 3.05) is 13.6 Å². The summed E-state index contributed by atoms with van der Waals surface area (Å²) >= 11 is 0. The van der Waals surface area contributed by atoms with Gasteiger partial charge in [0.25, 0.3) is 0 Å². The molecule has 3 rings (SSSR count). The summed E-state index contributed by atoms with van der Waals surface area (Å²) in [6, 6.07) is 13.0. The minimum Gasteiger partial charge on any atom is -0.439 e. The SMILES string of the molecule is CN1CCC(C(=O)NCc2ccnc(Oc3ccccc3)c2)CC1=O. The highest BCUT2D eigenvalue weighted by molar-refractivity contribution is 5.86. The van der Waals surface area contributed by atoms with Crippen LogP contribution in [-0.2, 0) is 16.1 Å². The summed E-state index contributed by atoms with van der Waals surface area (Å²) in [5.74, 6) is 0.886. The van der Waals surface area contributed by atoms with Gasteiger partial charge in [0.05, 0.1) is 0 Å². The molecule has 0 spiro atoms. The number of rotatable bonds is 5. The average Bonchev–Trinajstić information content (AvgIpc) is 2.63. The first-order chi connectivity index (χ1) is 12.1. The molecule has 1 N–H and O–H groups in total. The average molecular weight is 339 g/mol. The van der Waals surface area contributed by atoms with E-state index in [9.17, 15) is 9.59 Å². The van der Waals surface area contributed by atoms with Crippen LogP contribution in [0.3, 0.4) is 0 Å². The van der Waals surface area contributed by atoms with Gasteiger partial charge >= 0.3 is 0 Å². The molecule has 6 heteroatoms. The fraction of sp³-hybridized carbons (Fsp3) is 0.316. The molecule has 1 aromatic carbocycles. The molecule has 0 bridgehead atoms. The molecule has 6 nitrogen and oxygen atoms in total. The molecule has 1 fully saturated rings. The number of nitrogens with zero attached hydrogens (tertiary/aromatic N) is 2. The van der Waals surface area contributed by atoms with Gasteiger partial charge in [0.15, 0.2) is 0 Å². The number of nitrogens with one attached hydrogen (secondary N) is 1. The van der Waals surface area contributed by atoms with Gasteiger partial charge in [0.1, 0.15) is 5.75 Å². The summed E-state index contributed by atoms with van der Waals surface area (Å²) in [6.45, 7) is 1.01. The predicted molar refractivity (Wildman–Crippen MR) is 93.0 cm³/mol. The first-order valence-electron chi connectivity index (χ1n) is 8.31. The Balaban J connectivity index is 1.55. The van der Waals surface area contributed by atoms with Crippen LogP contribution in [0.2, 0.25) is 0 Å². The summed E-state index contributed by atoms with van der Waals surface area (Å²) in [7, 11) is 1.77. The number of benzene rings is 1. The van der Waals surface area contributed by atoms with Crippen molar-refractivity contribution in [1.29, 1.82) is 0 Å². The third-order valence-electron chi connectivity index (χ3n) is 4.26. The number of amides is 2. The Bertz CT molecular complexity index is 749. The number of pyridine rings is 1. The van der Waals surface area contributed by atoms with Gasteiger partial charge in [-0.05, 0) is 30.2 Å². The van der Waals surface area contributed by atoms with Crippen LogP contribution >= 0.6 is 0 Å². The molecule has 1 aliphatic heterocycles. The molecule has 130 valence electrons. The van der Waals surface area contributed by atoms with E-state index in [0.29, 0.717) is 31.1 Å². The zero-order chi connectivity index (χ0) is 17.6. The summed E-state index contributed by atoms with van der Waals surface area (Å²) in [6.07, 6.45) is 2.63. The molecule has 1 atom stereocenters. The third-order valence-corrected chi connectivity index (χ3v) is 4.26. The fourth-order valence-electron chi connectivity index (χ4n) is 2.73. The smallest absolute Gasteiger partial charge is 0.223 e. The molecule has 25 heavy (non-hydrogen) atoms. The predicted octanol–water partition coefficient (Wildman–Crippen LogP) is 2.36. The van der Waals surface area contributed by atoms with Crippen molar-refractivity contribution >= 4 is 11.8 Å². The second kappa shape index (κ2) is 7.79. The molecular weight excluding hydrogens is 318 g/mol. The molecule has 2 amide bonds. The lowest BCUT2D eigenvalue weighted by Gasteiger charge is -2.27. The maximum absolute atomic E-state index is 12.3. The van der Waals surface area contributed by atoms with E-state index in [1.54, 1.807) is 24.2 Å². The largest absolute Gasteiger partial charge is 0.439 e. The van der Waals surface area contributed by atoms with Crippen LogP contribution in [0.25, 0.3) is 0 Å². The summed E-state index contributed by atoms with van der Waals surface area (Å²) in [5.41, 5.74) is 0.897. The number of aromatic nitrogens is 1. The Kier molecular flexibility index (Phi) is 5.28. The van der Waals surface area contributed by atoms with Gasteiger partial charge in [0, 0.05) is 44.7 Å². The van der Waals surface area contributed by atoms with E-state index in [1.807, 2.05) is 36.4 Å². The van der Waals surface area contributed by atoms with Gasteiger partial charge in [-0.3, -0.25) is 9.59 Å². The summed E-state index contributed by atoms with van der Waals surface area (Å²) in [5, 5.41) is 2.90. The zero-order valence-electron chi connectivity index (χ0n) is 14.1. The second-order valence-electron chi connectivity index (χ2n) is 6.14. The van der Waals surface area contributed by atoms with Gasteiger partial charge < -0.3 is 15.0 Å². The Hall–Kier alpha value is -2.89. The molecule has 2 aromatic rings. The Morgan fingerprint density at radius 2 is 2.12 bits per heavy atom. The maximum atomic E-state index is 12.3. The van der Waals surface area contributed by atoms with E-state index in [0.717, 1.165) is 5.56 Å². The van der Waals surface area contributed by atoms with Crippen LogP contribution in [-0.4, -0.2) is 35.3 Å². The van der Waals surface area contributed by atoms with Crippen LogP contribution < -0.4 is 10.1 Å². The molecule has 1 saturated heterocycles. The topological polar surface area (TPSA) is 71.5 Å². The van der Waals surface area contributed by atoms with Gasteiger partial charge in [-0.25, -0.2) is 4.98 Å². The van der Waals surface area contributed by atoms with Gasteiger partial charge in [-0.1, -0.05) is 18.2 Å². The number of hydrogen-bond donors (Lipinski definition) is 1. The first kappa shape index (κ1) is 17.0. The van der Waals surface area contributed by atoms with E-state index >= 15 is 0 Å². The number of piperidine rings is 1. The van der Waals surface area contributed by atoms with Crippen molar-refractivity contribution in [3.63, 3.8) is 0 Å². The van der Waals surface area contributed by atoms with E-state index in [2.05, 4.69) is 10.3 Å². The maximum Gasteiger partial charge on any atom is 0.223 e. The lowest BCUT2D eigenvalue weighted by molar-refractivity contribution is -0.139. The number of carbonyl (C=O) groups excluding carboxylic acids is 2. The van der Waals surface area contributed by atoms with Crippen molar-refractivity contribution in [2.45, 2.75) is 19.4 Å². The molecule has 2 heterocycles. The van der Waals surface area contributed by atoms with Crippen molar-refractivity contribution in [1.82, 2.24) is 15.2 Å². The fourth-order valence-corrected chi connectivity index (χ4v) is 2.73. The standard InChI is InChI=1S/C19H21N3O3/c1-22-10-8-15(12-18(22)23)19(24)21-13-14-7-9-20-17(11-14)25-16-5-3-2-4-6-16/h2-7,9,11,15H,8,10,12-13H2,1H3,(H,21,24). The molecule has 0 radical (unpaired) electrons. The van der Waals surface area contributed by atoms with Gasteiger partial charge in [-0.2, -0.15) is 0 Å². The molecule has 0 aliphatic carbocycles. The van der Waals surface area contributed by atoms with Gasteiger partial charge in [-0.15, -0.1) is 0 Å². The highest BCUT2D eigenvalue weighted by atomic mass is 16.5. The van der Waals surface area contributed by atoms with Crippen LogP contribution in [0.4, 0.5) is 0 Å². The first-order valence-corrected chi connectivity index (χ1v) is 8.31. The van der Waals surface area contributed by atoms with E-state index in [1.165, 1.54) is 0 Å². The number of carbonyl (C=O) groups is 2. The minimum atomic E-state index is -0.245. The van der Waals surface area contributed by atoms with Gasteiger partial charge in [0.2, 0.25) is 17.7 Å². The Morgan fingerprint density at radius 1 is 1.32 bits per heavy atom. The lowest BCUT2D eigenvalue weighted by atomic mass is 9.95. The number of ether oxygens (including phenoxy) is 1. The number of hydrogen-bond acceptors (Lipinski definition) is 4. The highest BCUT2D eigenvalue weighted by Crippen LogP contribution is 2.20. The van der Waals surface area contributed by atoms with E-state index in [4.69, 9.17) is 4.74 Å². The normalized spacial score (nSPS) is 17.2. The van der Waals surface area contributed by atoms with Crippen LogP contribution in [0.5, 0.6) is 11.6 Å². The highest BCUT2D eigenvalue weighted by Gasteiger charge is 2.28. The van der Waals surface area contributed by atoms with E-state index in [-0.39, 0.29) is 24.2 Å². The second-order valence-corrected chi connectivity index (χ2v) is 6.14. The lowest BCUT2D eigenvalue weighted by Crippen LogP contribution is -2.41. The summed E-state index contributed by atoms with van der Waals surface area (Å²) in [4.78, 5) is 29.8. The van der Waals surface area contributed by atoms with Crippen LogP contribution in [0, 0.1) is 5.92 Å². The number of para-hydroxylation sites is 1. The molecule has 1 aliphatic rings. The van der Waals surface area contributed by atoms with Crippen LogP contribution in [0.15, 0.2) is 48.7 Å². The molecule has 1 unspecified atom stereocenters. The molecular formula is C19H21N3O3. The monoisotopic (exact) mass is 339 g/mol. The van der Waals surface area contributed by atoms with Crippen molar-refractivity contribution in [3.8, 4) is 11.6 Å². The van der Waals surface area contributed by atoms with Crippen molar-refractivity contribution in [2.24, 2.45) is 5.92 Å². The third kappa shape index (κ3) is 4.56. The molecule has 0 saturated carbocycles. The van der Waals surface area contributed by atoms with E-state index < -0.39 is 0 Å². The zero-order valence-corrected chi connectivity index (χ0v) is 14.1. The Labute approximate surface area is 146 Å². The van der Waals surface area contributed by atoms with Crippen molar-refractivity contribution in [3.05, 3.63) is 54.2 Å². The Morgan fingerprint density at radius 3 is 2.88 bits per heavy atom. The van der Waals surface area contributed by atoms with Crippen LogP contribution in [0.1, 0.15) is 18.4 Å². The summed E-state index contributed by atoms with van der Waals surface area (Å²) < 4.78 is 5.69. The molecule has 1 aromatic heterocycles.